The Morgan fingerprint density at radius 3 is 2.81 bits per heavy atom. The number of carboxylic acids is 2. The predicted molar refractivity (Wildman–Crippen MR) is 89.8 cm³/mol. The first kappa shape index (κ1) is 19.2. The molecular formula is C13H17N6O7P. The molecule has 1 fully saturated rings. The van der Waals surface area contributed by atoms with Gasteiger partial charge in [-0.2, -0.15) is 0 Å². The van der Waals surface area contributed by atoms with E-state index in [1.807, 2.05) is 0 Å². The summed E-state index contributed by atoms with van der Waals surface area (Å²) in [7, 11) is -3.65. The van der Waals surface area contributed by atoms with Crippen molar-refractivity contribution >= 4 is 36.4 Å². The molecule has 3 atom stereocenters. The number of hydrogen-bond acceptors (Lipinski definition) is 9. The SMILES string of the molecule is Nc1ncnc2c1ncn2C[C@H]1COP(=O)(NC(CC(=O)O)C(=O)O)CO1. The molecule has 3 rings (SSSR count). The van der Waals surface area contributed by atoms with E-state index in [2.05, 4.69) is 20.0 Å². The average molecular weight is 400 g/mol. The summed E-state index contributed by atoms with van der Waals surface area (Å²) in [5, 5.41) is 20.0. The maximum Gasteiger partial charge on any atom is 0.321 e. The molecule has 27 heavy (non-hydrogen) atoms. The lowest BCUT2D eigenvalue weighted by Gasteiger charge is -2.31. The molecule has 146 valence electrons. The van der Waals surface area contributed by atoms with Crippen LogP contribution in [0.2, 0.25) is 0 Å². The molecule has 2 unspecified atom stereocenters. The number of rotatable bonds is 7. The highest BCUT2D eigenvalue weighted by Gasteiger charge is 2.37. The molecule has 0 amide bonds. The molecule has 2 aromatic rings. The molecule has 1 aliphatic heterocycles. The molecule has 0 bridgehead atoms. The fourth-order valence-corrected chi connectivity index (χ4v) is 4.24. The lowest BCUT2D eigenvalue weighted by Crippen LogP contribution is -2.41. The lowest BCUT2D eigenvalue weighted by molar-refractivity contribution is -0.145. The van der Waals surface area contributed by atoms with Gasteiger partial charge in [0.15, 0.2) is 11.5 Å². The van der Waals surface area contributed by atoms with E-state index in [9.17, 15) is 14.2 Å². The third-order valence-corrected chi connectivity index (χ3v) is 5.57. The number of anilines is 1. The summed E-state index contributed by atoms with van der Waals surface area (Å²) < 4.78 is 25.1. The highest BCUT2D eigenvalue weighted by molar-refractivity contribution is 7.56. The Balaban J connectivity index is 1.62. The Labute approximate surface area is 152 Å². The molecular weight excluding hydrogens is 383 g/mol. The van der Waals surface area contributed by atoms with Crippen LogP contribution in [0.4, 0.5) is 5.82 Å². The van der Waals surface area contributed by atoms with Crippen molar-refractivity contribution in [3.8, 4) is 0 Å². The van der Waals surface area contributed by atoms with Gasteiger partial charge in [0, 0.05) is 0 Å². The maximum atomic E-state index is 12.6. The number of aliphatic carboxylic acids is 2. The largest absolute Gasteiger partial charge is 0.481 e. The third kappa shape index (κ3) is 4.39. The first-order valence-electron chi connectivity index (χ1n) is 7.76. The van der Waals surface area contributed by atoms with Crippen molar-refractivity contribution in [3.63, 3.8) is 0 Å². The van der Waals surface area contributed by atoms with E-state index in [1.54, 1.807) is 4.57 Å². The first-order chi connectivity index (χ1) is 12.8. The van der Waals surface area contributed by atoms with E-state index in [4.69, 9.17) is 25.2 Å². The Hall–Kier alpha value is -2.60. The van der Waals surface area contributed by atoms with Crippen molar-refractivity contribution in [1.29, 1.82) is 0 Å². The molecule has 14 heteroatoms. The topological polar surface area (TPSA) is 192 Å². The standard InChI is InChI=1S/C13H17N6O7P/c14-11-10-12(16-4-15-11)19(5-17-10)2-7-3-26-27(24,6-25-7)18-8(13(22)23)1-9(20)21/h4-5,7-8H,1-3,6H2,(H,18,24)(H,20,21)(H,22,23)(H2,14,15,16)/t7-,8?,27?/m0/s1. The van der Waals surface area contributed by atoms with Crippen molar-refractivity contribution in [2.24, 2.45) is 0 Å². The fraction of sp³-hybridized carbons (Fsp3) is 0.462. The number of nitrogens with two attached hydrogens (primary N) is 1. The smallest absolute Gasteiger partial charge is 0.321 e. The molecule has 0 radical (unpaired) electrons. The number of carboxylic acid groups (broad SMARTS) is 2. The van der Waals surface area contributed by atoms with Crippen LogP contribution in [0, 0.1) is 0 Å². The Kier molecular flexibility index (Phi) is 5.37. The van der Waals surface area contributed by atoms with Crippen LogP contribution in [-0.2, 0) is 30.0 Å². The fourth-order valence-electron chi connectivity index (χ4n) is 2.52. The summed E-state index contributed by atoms with van der Waals surface area (Å²) in [4.78, 5) is 33.9. The van der Waals surface area contributed by atoms with E-state index in [1.165, 1.54) is 12.7 Å². The van der Waals surface area contributed by atoms with Crippen molar-refractivity contribution in [1.82, 2.24) is 24.6 Å². The summed E-state index contributed by atoms with van der Waals surface area (Å²) in [5.41, 5.74) is 6.67. The molecule has 0 aromatic carbocycles. The number of nitrogens with one attached hydrogen (secondary N) is 1. The monoisotopic (exact) mass is 400 g/mol. The summed E-state index contributed by atoms with van der Waals surface area (Å²) in [6.45, 7) is 0.189. The maximum absolute atomic E-state index is 12.6. The highest BCUT2D eigenvalue weighted by Crippen LogP contribution is 2.46. The Morgan fingerprint density at radius 2 is 2.19 bits per heavy atom. The normalized spacial score (nSPS) is 23.9. The number of ether oxygens (including phenoxy) is 1. The van der Waals surface area contributed by atoms with Gasteiger partial charge in [-0.05, 0) is 0 Å². The van der Waals surface area contributed by atoms with Crippen LogP contribution in [0.3, 0.4) is 0 Å². The first-order valence-corrected chi connectivity index (χ1v) is 9.57. The van der Waals surface area contributed by atoms with E-state index in [0.29, 0.717) is 11.2 Å². The zero-order valence-corrected chi connectivity index (χ0v) is 14.8. The van der Waals surface area contributed by atoms with Gasteiger partial charge in [-0.1, -0.05) is 0 Å². The van der Waals surface area contributed by atoms with Crippen LogP contribution >= 0.6 is 7.52 Å². The third-order valence-electron chi connectivity index (χ3n) is 3.81. The van der Waals surface area contributed by atoms with Gasteiger partial charge in [0.05, 0.1) is 25.9 Å². The van der Waals surface area contributed by atoms with Gasteiger partial charge in [-0.3, -0.25) is 14.2 Å². The van der Waals surface area contributed by atoms with Crippen LogP contribution < -0.4 is 10.8 Å². The molecule has 5 N–H and O–H groups in total. The van der Waals surface area contributed by atoms with Gasteiger partial charge in [-0.25, -0.2) is 20.0 Å². The van der Waals surface area contributed by atoms with E-state index in [-0.39, 0.29) is 19.0 Å². The second-order valence-electron chi connectivity index (χ2n) is 5.83. The summed E-state index contributed by atoms with van der Waals surface area (Å²) in [6, 6.07) is -1.55. The molecule has 2 aromatic heterocycles. The predicted octanol–water partition coefficient (Wildman–Crippen LogP) is -0.508. The zero-order chi connectivity index (χ0) is 19.6. The van der Waals surface area contributed by atoms with Gasteiger partial charge in [0.25, 0.3) is 7.52 Å². The minimum Gasteiger partial charge on any atom is -0.481 e. The number of nitrogen functional groups attached to an aromatic ring is 1. The van der Waals surface area contributed by atoms with Crippen LogP contribution in [0.1, 0.15) is 6.42 Å². The molecule has 0 saturated carbocycles. The minimum atomic E-state index is -3.65. The van der Waals surface area contributed by atoms with Gasteiger partial charge in [-0.15, -0.1) is 0 Å². The number of fused-ring (bicyclic) bond motifs is 1. The number of hydrogen-bond donors (Lipinski definition) is 4. The van der Waals surface area contributed by atoms with Gasteiger partial charge >= 0.3 is 11.9 Å². The summed E-state index contributed by atoms with van der Waals surface area (Å²) in [6.07, 6.45) is 1.18. The minimum absolute atomic E-state index is 0.0933. The van der Waals surface area contributed by atoms with Crippen LogP contribution in [0.15, 0.2) is 12.7 Å². The summed E-state index contributed by atoms with van der Waals surface area (Å²) in [5.74, 6) is -2.54. The molecule has 1 saturated heterocycles. The second kappa shape index (κ2) is 7.56. The van der Waals surface area contributed by atoms with Gasteiger partial charge < -0.3 is 29.8 Å². The number of imidazole rings is 1. The van der Waals surface area contributed by atoms with Crippen LogP contribution in [0.25, 0.3) is 11.2 Å². The molecule has 13 nitrogen and oxygen atoms in total. The van der Waals surface area contributed by atoms with Crippen molar-refractivity contribution < 1.29 is 33.6 Å². The van der Waals surface area contributed by atoms with Crippen LogP contribution in [-0.4, -0.2) is 66.8 Å². The van der Waals surface area contributed by atoms with Crippen molar-refractivity contribution in [2.75, 3.05) is 18.7 Å². The lowest BCUT2D eigenvalue weighted by atomic mass is 10.2. The average Bonchev–Trinajstić information content (AvgIpc) is 3.00. The van der Waals surface area contributed by atoms with Gasteiger partial charge in [0.1, 0.15) is 30.3 Å². The van der Waals surface area contributed by atoms with Crippen LogP contribution in [0.5, 0.6) is 0 Å². The van der Waals surface area contributed by atoms with E-state index in [0.717, 1.165) is 0 Å². The summed E-state index contributed by atoms with van der Waals surface area (Å²) >= 11 is 0. The van der Waals surface area contributed by atoms with Crippen molar-refractivity contribution in [2.45, 2.75) is 25.1 Å². The van der Waals surface area contributed by atoms with E-state index >= 15 is 0 Å². The molecule has 3 heterocycles. The molecule has 1 aliphatic rings. The Bertz CT molecular complexity index is 906. The molecule has 0 spiro atoms. The molecule has 0 aliphatic carbocycles. The number of carbonyl (C=O) groups is 2. The number of nitrogens with zero attached hydrogens (tertiary/aromatic N) is 4. The van der Waals surface area contributed by atoms with Crippen molar-refractivity contribution in [3.05, 3.63) is 12.7 Å². The Morgan fingerprint density at radius 1 is 1.41 bits per heavy atom. The van der Waals surface area contributed by atoms with Gasteiger partial charge in [0.2, 0.25) is 0 Å². The highest BCUT2D eigenvalue weighted by atomic mass is 31.2. The quantitative estimate of drug-likeness (QED) is 0.436. The number of aromatic nitrogens is 4. The van der Waals surface area contributed by atoms with E-state index < -0.39 is 44.4 Å². The second-order valence-corrected chi connectivity index (χ2v) is 7.95. The zero-order valence-electron chi connectivity index (χ0n) is 13.9.